The fourth-order valence-corrected chi connectivity index (χ4v) is 2.45. The van der Waals surface area contributed by atoms with Gasteiger partial charge in [0.15, 0.2) is 0 Å². The van der Waals surface area contributed by atoms with Crippen molar-refractivity contribution in [2.45, 2.75) is 32.8 Å². The number of carbonyl (C=O) groups is 2. The molecule has 0 spiro atoms. The summed E-state index contributed by atoms with van der Waals surface area (Å²) in [6, 6.07) is 13.9. The fraction of sp³-hybridized carbons (Fsp3) is 0.364. The Morgan fingerprint density at radius 3 is 2.46 bits per heavy atom. The molecule has 0 fully saturated rings. The van der Waals surface area contributed by atoms with Crippen molar-refractivity contribution in [2.75, 3.05) is 25.6 Å². The topological polar surface area (TPSA) is 76.7 Å². The number of benzene rings is 2. The lowest BCUT2D eigenvalue weighted by Crippen LogP contribution is -2.25. The molecule has 2 rings (SSSR count). The third-order valence-electron chi connectivity index (χ3n) is 4.22. The molecule has 0 aromatic heterocycles. The first kappa shape index (κ1) is 21.4. The van der Waals surface area contributed by atoms with Gasteiger partial charge >= 0.3 is 0 Å². The summed E-state index contributed by atoms with van der Waals surface area (Å²) in [4.78, 5) is 24.5. The maximum atomic E-state index is 12.5. The van der Waals surface area contributed by atoms with Gasteiger partial charge in [-0.05, 0) is 62.2 Å². The van der Waals surface area contributed by atoms with Crippen LogP contribution in [0.5, 0.6) is 5.75 Å². The van der Waals surface area contributed by atoms with Crippen molar-refractivity contribution >= 4 is 17.5 Å². The van der Waals surface area contributed by atoms with E-state index in [-0.39, 0.29) is 17.9 Å². The van der Waals surface area contributed by atoms with Gasteiger partial charge < -0.3 is 20.1 Å². The predicted molar refractivity (Wildman–Crippen MR) is 110 cm³/mol. The molecule has 150 valence electrons. The van der Waals surface area contributed by atoms with Crippen molar-refractivity contribution in [2.24, 2.45) is 0 Å². The summed E-state index contributed by atoms with van der Waals surface area (Å²) >= 11 is 0. The van der Waals surface area contributed by atoms with Gasteiger partial charge in [0.05, 0.1) is 6.10 Å². The predicted octanol–water partition coefficient (Wildman–Crippen LogP) is 3.88. The maximum Gasteiger partial charge on any atom is 0.255 e. The second-order valence-electron chi connectivity index (χ2n) is 6.50. The first-order valence-electron chi connectivity index (χ1n) is 9.48. The Hall–Kier alpha value is -2.86. The first-order chi connectivity index (χ1) is 13.5. The first-order valence-corrected chi connectivity index (χ1v) is 9.48. The van der Waals surface area contributed by atoms with Crippen LogP contribution < -0.4 is 15.4 Å². The molecule has 0 aliphatic rings. The Morgan fingerprint density at radius 1 is 1.04 bits per heavy atom. The molecule has 0 radical (unpaired) electrons. The zero-order valence-electron chi connectivity index (χ0n) is 16.7. The molecule has 2 N–H and O–H groups in total. The molecule has 6 nitrogen and oxygen atoms in total. The Bertz CT molecular complexity index is 774. The monoisotopic (exact) mass is 384 g/mol. The van der Waals surface area contributed by atoms with E-state index >= 15 is 0 Å². The van der Waals surface area contributed by atoms with E-state index in [1.807, 2.05) is 19.9 Å². The summed E-state index contributed by atoms with van der Waals surface area (Å²) in [5.41, 5.74) is 1.68. The van der Waals surface area contributed by atoms with Crippen LogP contribution in [0.4, 0.5) is 5.69 Å². The van der Waals surface area contributed by atoms with Crippen LogP contribution in [0.2, 0.25) is 0 Å². The van der Waals surface area contributed by atoms with Crippen LogP contribution in [0.15, 0.2) is 48.5 Å². The van der Waals surface area contributed by atoms with Gasteiger partial charge in [0.25, 0.3) is 11.8 Å². The molecule has 0 heterocycles. The summed E-state index contributed by atoms with van der Waals surface area (Å²) in [5, 5.41) is 5.66. The summed E-state index contributed by atoms with van der Waals surface area (Å²) in [7, 11) is 1.63. The molecular formula is C22H28N2O4. The summed E-state index contributed by atoms with van der Waals surface area (Å²) in [5.74, 6) is 0.290. The van der Waals surface area contributed by atoms with Crippen LogP contribution in [-0.4, -0.2) is 38.2 Å². The van der Waals surface area contributed by atoms with Crippen LogP contribution in [0, 0.1) is 0 Å². The Labute approximate surface area is 166 Å². The molecule has 0 bridgehead atoms. The largest absolute Gasteiger partial charge is 0.491 e. The van der Waals surface area contributed by atoms with Gasteiger partial charge in [0.1, 0.15) is 5.75 Å². The fourth-order valence-electron chi connectivity index (χ4n) is 2.45. The molecule has 0 saturated carbocycles. The quantitative estimate of drug-likeness (QED) is 0.610. The second kappa shape index (κ2) is 11.1. The van der Waals surface area contributed by atoms with Gasteiger partial charge in [-0.1, -0.05) is 13.0 Å². The highest BCUT2D eigenvalue weighted by molar-refractivity contribution is 6.04. The summed E-state index contributed by atoms with van der Waals surface area (Å²) < 4.78 is 10.7. The van der Waals surface area contributed by atoms with E-state index in [0.717, 1.165) is 12.8 Å². The van der Waals surface area contributed by atoms with Crippen molar-refractivity contribution < 1.29 is 19.1 Å². The van der Waals surface area contributed by atoms with Gasteiger partial charge in [-0.15, -0.1) is 0 Å². The lowest BCUT2D eigenvalue weighted by atomic mass is 10.1. The highest BCUT2D eigenvalue weighted by Crippen LogP contribution is 2.18. The van der Waals surface area contributed by atoms with Gasteiger partial charge in [-0.3, -0.25) is 9.59 Å². The van der Waals surface area contributed by atoms with Crippen molar-refractivity contribution in [1.82, 2.24) is 5.32 Å². The Balaban J connectivity index is 1.93. The average molecular weight is 384 g/mol. The minimum Gasteiger partial charge on any atom is -0.491 e. The van der Waals surface area contributed by atoms with Crippen molar-refractivity contribution in [3.63, 3.8) is 0 Å². The molecule has 1 atom stereocenters. The zero-order chi connectivity index (χ0) is 20.4. The van der Waals surface area contributed by atoms with Crippen LogP contribution >= 0.6 is 0 Å². The Morgan fingerprint density at radius 2 is 1.79 bits per heavy atom. The average Bonchev–Trinajstić information content (AvgIpc) is 2.71. The number of anilines is 1. The maximum absolute atomic E-state index is 12.5. The zero-order valence-corrected chi connectivity index (χ0v) is 16.7. The molecule has 2 aromatic carbocycles. The third-order valence-corrected chi connectivity index (χ3v) is 4.22. The van der Waals surface area contributed by atoms with Crippen LogP contribution in [0.1, 0.15) is 47.4 Å². The molecule has 1 unspecified atom stereocenters. The number of rotatable bonds is 10. The molecule has 28 heavy (non-hydrogen) atoms. The normalized spacial score (nSPS) is 11.5. The highest BCUT2D eigenvalue weighted by Gasteiger charge is 2.10. The number of carbonyl (C=O) groups excluding carboxylic acids is 2. The van der Waals surface area contributed by atoms with E-state index in [9.17, 15) is 9.59 Å². The minimum atomic E-state index is -0.230. The smallest absolute Gasteiger partial charge is 0.255 e. The molecule has 2 amide bonds. The summed E-state index contributed by atoms with van der Waals surface area (Å²) in [6.07, 6.45) is 1.74. The van der Waals surface area contributed by atoms with E-state index < -0.39 is 0 Å². The number of nitrogens with one attached hydrogen (secondary N) is 2. The molecule has 0 aliphatic carbocycles. The number of amides is 2. The third kappa shape index (κ3) is 6.70. The summed E-state index contributed by atoms with van der Waals surface area (Å²) in [6.45, 7) is 5.20. The van der Waals surface area contributed by atoms with Gasteiger partial charge in [-0.25, -0.2) is 0 Å². The van der Waals surface area contributed by atoms with E-state index in [1.54, 1.807) is 49.6 Å². The SMILES string of the molecule is CCC(C)Oc1cccc(C(=O)Nc2ccc(C(=O)NCCCOC)cc2)c1. The van der Waals surface area contributed by atoms with Crippen molar-refractivity contribution in [3.8, 4) is 5.75 Å². The van der Waals surface area contributed by atoms with E-state index in [4.69, 9.17) is 9.47 Å². The van der Waals surface area contributed by atoms with Gasteiger partial charge in [-0.2, -0.15) is 0 Å². The van der Waals surface area contributed by atoms with E-state index in [2.05, 4.69) is 10.6 Å². The molecule has 2 aromatic rings. The number of hydrogen-bond donors (Lipinski definition) is 2. The number of ether oxygens (including phenoxy) is 2. The lowest BCUT2D eigenvalue weighted by molar-refractivity contribution is 0.0948. The standard InChI is InChI=1S/C22H28N2O4/c1-4-16(2)28-20-8-5-7-18(15-20)22(26)24-19-11-9-17(10-12-19)21(25)23-13-6-14-27-3/h5,7-12,15-16H,4,6,13-14H2,1-3H3,(H,23,25)(H,24,26). The van der Waals surface area contributed by atoms with Crippen LogP contribution in [-0.2, 0) is 4.74 Å². The lowest BCUT2D eigenvalue weighted by Gasteiger charge is -2.13. The van der Waals surface area contributed by atoms with E-state index in [0.29, 0.717) is 35.7 Å². The second-order valence-corrected chi connectivity index (χ2v) is 6.50. The highest BCUT2D eigenvalue weighted by atomic mass is 16.5. The van der Waals surface area contributed by atoms with Gasteiger partial charge in [0.2, 0.25) is 0 Å². The van der Waals surface area contributed by atoms with Gasteiger partial charge in [0, 0.05) is 37.1 Å². The van der Waals surface area contributed by atoms with Crippen LogP contribution in [0.3, 0.4) is 0 Å². The molecule has 0 aliphatic heterocycles. The van der Waals surface area contributed by atoms with Crippen molar-refractivity contribution in [3.05, 3.63) is 59.7 Å². The van der Waals surface area contributed by atoms with E-state index in [1.165, 1.54) is 0 Å². The Kier molecular flexibility index (Phi) is 8.49. The molecule has 6 heteroatoms. The number of methoxy groups -OCH3 is 1. The molecule has 0 saturated heterocycles. The van der Waals surface area contributed by atoms with Crippen LogP contribution in [0.25, 0.3) is 0 Å². The number of hydrogen-bond acceptors (Lipinski definition) is 4. The molecular weight excluding hydrogens is 356 g/mol. The minimum absolute atomic E-state index is 0.0894. The van der Waals surface area contributed by atoms with Crippen molar-refractivity contribution in [1.29, 1.82) is 0 Å².